The van der Waals surface area contributed by atoms with E-state index in [1.54, 1.807) is 0 Å². The predicted molar refractivity (Wildman–Crippen MR) is 102 cm³/mol. The molecule has 0 aliphatic heterocycles. The lowest BCUT2D eigenvalue weighted by Gasteiger charge is -2.18. The Balaban J connectivity index is 2.15. The predicted octanol–water partition coefficient (Wildman–Crippen LogP) is 4.88. The van der Waals surface area contributed by atoms with E-state index < -0.39 is 14.4 Å². The summed E-state index contributed by atoms with van der Waals surface area (Å²) in [4.78, 5) is 4.55. The smallest absolute Gasteiger partial charge is 0.0777 e. The second kappa shape index (κ2) is 6.51. The van der Waals surface area contributed by atoms with Crippen LogP contribution in [-0.2, 0) is 6.37 Å². The van der Waals surface area contributed by atoms with E-state index in [1.807, 2.05) is 60.8 Å². The minimum atomic E-state index is -1.57. The summed E-state index contributed by atoms with van der Waals surface area (Å²) in [6.45, 7) is 6.92. The third-order valence-electron chi connectivity index (χ3n) is 3.88. The van der Waals surface area contributed by atoms with Crippen LogP contribution in [-0.4, -0.2) is 13.1 Å². The molecule has 2 aromatic carbocycles. The Morgan fingerprint density at radius 1 is 0.913 bits per heavy atom. The molecule has 1 aromatic heterocycles. The van der Waals surface area contributed by atoms with Crippen LogP contribution in [0.3, 0.4) is 0 Å². The summed E-state index contributed by atoms with van der Waals surface area (Å²) >= 11 is 0. The van der Waals surface area contributed by atoms with Gasteiger partial charge in [-0.05, 0) is 29.6 Å². The molecule has 1 heterocycles. The fourth-order valence-electron chi connectivity index (χ4n) is 2.54. The van der Waals surface area contributed by atoms with Crippen molar-refractivity contribution >= 4 is 13.3 Å². The number of rotatable bonds is 4. The Bertz CT molecular complexity index is 870. The lowest BCUT2D eigenvalue weighted by molar-refractivity contribution is 1.18. The molecule has 2 heteroatoms. The zero-order valence-corrected chi connectivity index (χ0v) is 14.9. The molecule has 0 bridgehead atoms. The Hall–Kier alpha value is -2.19. The molecule has 0 N–H and O–H groups in total. The highest BCUT2D eigenvalue weighted by atomic mass is 28.3. The second-order valence-electron chi connectivity index (χ2n) is 6.72. The van der Waals surface area contributed by atoms with Crippen LogP contribution in [0.1, 0.15) is 13.9 Å². The van der Waals surface area contributed by atoms with Crippen molar-refractivity contribution in [3.8, 4) is 11.3 Å². The molecule has 0 unspecified atom stereocenters. The number of benzene rings is 2. The quantitative estimate of drug-likeness (QED) is 0.624. The van der Waals surface area contributed by atoms with Crippen LogP contribution in [0.15, 0.2) is 72.9 Å². The van der Waals surface area contributed by atoms with Crippen LogP contribution in [0.2, 0.25) is 19.6 Å². The molecule has 0 atom stereocenters. The van der Waals surface area contributed by atoms with Crippen LogP contribution < -0.4 is 5.19 Å². The maximum Gasteiger partial charge on any atom is 0.0777 e. The van der Waals surface area contributed by atoms with Crippen LogP contribution >= 0.6 is 0 Å². The molecule has 1 nitrogen and oxygen atoms in total. The first-order chi connectivity index (χ1) is 11.8. The average molecular weight is 320 g/mol. The molecule has 116 valence electrons. The molecule has 3 aromatic rings. The summed E-state index contributed by atoms with van der Waals surface area (Å²) in [5, 5.41) is 1.33. The van der Waals surface area contributed by atoms with Gasteiger partial charge in [-0.25, -0.2) is 0 Å². The Morgan fingerprint density at radius 3 is 2.35 bits per heavy atom. The van der Waals surface area contributed by atoms with Gasteiger partial charge in [-0.2, -0.15) is 0 Å². The maximum absolute atomic E-state index is 8.72. The van der Waals surface area contributed by atoms with E-state index in [4.69, 9.17) is 2.74 Å². The monoisotopic (exact) mass is 319 g/mol. The van der Waals surface area contributed by atoms with Gasteiger partial charge in [0.1, 0.15) is 0 Å². The van der Waals surface area contributed by atoms with Gasteiger partial charge < -0.3 is 0 Å². The van der Waals surface area contributed by atoms with Crippen LogP contribution in [0, 0.1) is 0 Å². The van der Waals surface area contributed by atoms with Gasteiger partial charge in [-0.1, -0.05) is 79.4 Å². The van der Waals surface area contributed by atoms with Crippen LogP contribution in [0.4, 0.5) is 0 Å². The zero-order valence-electron chi connectivity index (χ0n) is 15.9. The van der Waals surface area contributed by atoms with E-state index in [-0.39, 0.29) is 0 Å². The molecule has 23 heavy (non-hydrogen) atoms. The summed E-state index contributed by atoms with van der Waals surface area (Å²) in [5.41, 5.74) is 3.01. The first-order valence-electron chi connectivity index (χ1n) is 8.92. The molecule has 0 spiro atoms. The van der Waals surface area contributed by atoms with Gasteiger partial charge in [0.25, 0.3) is 0 Å². The second-order valence-corrected chi connectivity index (χ2v) is 11.8. The Labute approximate surface area is 142 Å². The van der Waals surface area contributed by atoms with Crippen molar-refractivity contribution in [2.24, 2.45) is 0 Å². The maximum atomic E-state index is 8.72. The minimum absolute atomic E-state index is 0.654. The number of nitrogens with zero attached hydrogens (tertiary/aromatic N) is 1. The Morgan fingerprint density at radius 2 is 1.61 bits per heavy atom. The van der Waals surface area contributed by atoms with Crippen molar-refractivity contribution in [3.05, 3.63) is 84.1 Å². The van der Waals surface area contributed by atoms with Crippen molar-refractivity contribution in [1.82, 2.24) is 4.98 Å². The van der Waals surface area contributed by atoms with Crippen molar-refractivity contribution in [2.45, 2.75) is 26.0 Å². The van der Waals surface area contributed by atoms with E-state index in [0.717, 1.165) is 11.3 Å². The van der Waals surface area contributed by atoms with Gasteiger partial charge in [-0.15, -0.1) is 0 Å². The van der Waals surface area contributed by atoms with Gasteiger partial charge >= 0.3 is 0 Å². The van der Waals surface area contributed by atoms with E-state index >= 15 is 0 Å². The number of pyridine rings is 1. The first kappa shape index (κ1) is 13.3. The Kier molecular flexibility index (Phi) is 3.75. The third kappa shape index (κ3) is 3.77. The normalized spacial score (nSPS) is 13.3. The highest BCUT2D eigenvalue weighted by Gasteiger charge is 2.17. The standard InChI is InChI=1S/C21H23NSi/c1-23(2,3)19-13-14-22-21(16-19)20-12-8-7-11-18(20)15-17-9-5-4-6-10-17/h4-14,16H,15H2,1-3H3/i15D2. The van der Waals surface area contributed by atoms with E-state index in [2.05, 4.69) is 36.8 Å². The largest absolute Gasteiger partial charge is 0.256 e. The molecular weight excluding hydrogens is 294 g/mol. The highest BCUT2D eigenvalue weighted by Crippen LogP contribution is 2.24. The van der Waals surface area contributed by atoms with E-state index in [1.165, 1.54) is 5.19 Å². The fraction of sp³-hybridized carbons (Fsp3) is 0.190. The van der Waals surface area contributed by atoms with Crippen molar-refractivity contribution in [3.63, 3.8) is 0 Å². The van der Waals surface area contributed by atoms with Gasteiger partial charge in [0.05, 0.1) is 13.8 Å². The molecule has 0 radical (unpaired) electrons. The van der Waals surface area contributed by atoms with Gasteiger partial charge in [0, 0.05) is 14.5 Å². The summed E-state index contributed by atoms with van der Waals surface area (Å²) in [6.07, 6.45) is 0.270. The summed E-state index contributed by atoms with van der Waals surface area (Å²) < 4.78 is 17.4. The molecule has 0 saturated carbocycles. The molecule has 0 fully saturated rings. The zero-order chi connectivity index (χ0) is 18.1. The average Bonchev–Trinajstić information content (AvgIpc) is 2.62. The number of hydrogen-bond acceptors (Lipinski definition) is 1. The summed E-state index contributed by atoms with van der Waals surface area (Å²) in [6, 6.07) is 21.2. The fourth-order valence-corrected chi connectivity index (χ4v) is 3.68. The highest BCUT2D eigenvalue weighted by molar-refractivity contribution is 6.88. The molecule has 0 saturated heterocycles. The van der Waals surface area contributed by atoms with Gasteiger partial charge in [0.15, 0.2) is 0 Å². The number of aromatic nitrogens is 1. The van der Waals surface area contributed by atoms with Crippen molar-refractivity contribution in [1.29, 1.82) is 0 Å². The molecule has 0 aliphatic carbocycles. The lowest BCUT2D eigenvalue weighted by atomic mass is 9.97. The molecule has 3 rings (SSSR count). The van der Waals surface area contributed by atoms with Crippen LogP contribution in [0.5, 0.6) is 0 Å². The molecule has 0 amide bonds. The minimum Gasteiger partial charge on any atom is -0.256 e. The van der Waals surface area contributed by atoms with Crippen molar-refractivity contribution < 1.29 is 2.74 Å². The van der Waals surface area contributed by atoms with Gasteiger partial charge in [-0.3, -0.25) is 4.98 Å². The van der Waals surface area contributed by atoms with Crippen LogP contribution in [0.25, 0.3) is 11.3 Å². The van der Waals surface area contributed by atoms with E-state index in [0.29, 0.717) is 11.1 Å². The number of hydrogen-bond donors (Lipinski definition) is 0. The topological polar surface area (TPSA) is 12.9 Å². The summed E-state index contributed by atoms with van der Waals surface area (Å²) in [5.74, 6) is 0. The molecule has 0 aliphatic rings. The lowest BCUT2D eigenvalue weighted by Crippen LogP contribution is -2.37. The van der Waals surface area contributed by atoms with E-state index in [9.17, 15) is 0 Å². The SMILES string of the molecule is [2H]C([2H])(c1ccccc1)c1ccccc1-c1cc([Si](C)(C)C)ccn1. The third-order valence-corrected chi connectivity index (χ3v) is 5.92. The summed E-state index contributed by atoms with van der Waals surface area (Å²) in [7, 11) is -1.46. The molecular formula is C21H23NSi. The first-order valence-corrected chi connectivity index (χ1v) is 11.4. The van der Waals surface area contributed by atoms with Crippen molar-refractivity contribution in [2.75, 3.05) is 0 Å². The van der Waals surface area contributed by atoms with Gasteiger partial charge in [0.2, 0.25) is 0 Å².